The number of hydrogen-bond acceptors (Lipinski definition) is 3. The van der Waals surface area contributed by atoms with Crippen LogP contribution in [0.2, 0.25) is 10.3 Å². The largest absolute Gasteiger partial charge is 0.300 e. The fraction of sp³-hybridized carbons (Fsp3) is 0.286. The molecule has 0 N–H and O–H groups in total. The molecule has 0 saturated carbocycles. The molecule has 0 spiro atoms. The summed E-state index contributed by atoms with van der Waals surface area (Å²) < 4.78 is 0. The van der Waals surface area contributed by atoms with Gasteiger partial charge in [0.2, 0.25) is 0 Å². The highest BCUT2D eigenvalue weighted by Gasteiger charge is 2.06. The van der Waals surface area contributed by atoms with Gasteiger partial charge >= 0.3 is 0 Å². The summed E-state index contributed by atoms with van der Waals surface area (Å²) in [7, 11) is 0. The predicted molar refractivity (Wildman–Crippen MR) is 46.4 cm³/mol. The van der Waals surface area contributed by atoms with Crippen molar-refractivity contribution in [2.45, 2.75) is 13.3 Å². The van der Waals surface area contributed by atoms with Gasteiger partial charge in [0.1, 0.15) is 10.9 Å². The lowest BCUT2D eigenvalue weighted by Crippen LogP contribution is -2.01. The molecule has 0 aliphatic heterocycles. The van der Waals surface area contributed by atoms with E-state index in [-0.39, 0.29) is 22.5 Å². The molecule has 1 aromatic heterocycles. The van der Waals surface area contributed by atoms with Crippen LogP contribution in [0.5, 0.6) is 0 Å². The number of carbonyl (C=O) groups excluding carboxylic acids is 1. The van der Waals surface area contributed by atoms with E-state index >= 15 is 0 Å². The van der Waals surface area contributed by atoms with Crippen LogP contribution in [0.1, 0.15) is 12.6 Å². The molecule has 0 aliphatic rings. The number of hydrogen-bond donors (Lipinski definition) is 0. The highest BCUT2D eigenvalue weighted by Crippen LogP contribution is 2.13. The van der Waals surface area contributed by atoms with Gasteiger partial charge in [-0.3, -0.25) is 9.78 Å². The lowest BCUT2D eigenvalue weighted by Gasteiger charge is -1.98. The molecule has 1 rings (SSSR count). The third kappa shape index (κ3) is 2.43. The Hall–Kier alpha value is -0.670. The second-order valence-corrected chi connectivity index (χ2v) is 3.05. The standard InChI is InChI=1S/C7H6Cl2N2O/c1-4(12)2-5-7(9)11-6(8)3-10-5/h3H,2H2,1H3. The number of carbonyl (C=O) groups is 1. The van der Waals surface area contributed by atoms with Gasteiger partial charge in [-0.2, -0.15) is 0 Å². The monoisotopic (exact) mass is 204 g/mol. The van der Waals surface area contributed by atoms with Crippen molar-refractivity contribution >= 4 is 29.0 Å². The van der Waals surface area contributed by atoms with E-state index in [1.54, 1.807) is 0 Å². The molecular formula is C7H6Cl2N2O. The molecule has 0 radical (unpaired) electrons. The minimum absolute atomic E-state index is 0.00600. The smallest absolute Gasteiger partial charge is 0.152 e. The molecule has 0 bridgehead atoms. The third-order valence-corrected chi connectivity index (χ3v) is 1.67. The van der Waals surface area contributed by atoms with Crippen molar-refractivity contribution in [2.24, 2.45) is 0 Å². The predicted octanol–water partition coefficient (Wildman–Crippen LogP) is 1.91. The lowest BCUT2D eigenvalue weighted by molar-refractivity contribution is -0.116. The van der Waals surface area contributed by atoms with Gasteiger partial charge in [-0.05, 0) is 6.92 Å². The van der Waals surface area contributed by atoms with Crippen LogP contribution in [0.4, 0.5) is 0 Å². The van der Waals surface area contributed by atoms with Gasteiger partial charge in [-0.1, -0.05) is 23.2 Å². The zero-order valence-electron chi connectivity index (χ0n) is 6.34. The maximum Gasteiger partial charge on any atom is 0.152 e. The van der Waals surface area contributed by atoms with Crippen LogP contribution in [0.25, 0.3) is 0 Å². The minimum Gasteiger partial charge on any atom is -0.300 e. The number of Topliss-reactive ketones (excluding diaryl/α,β-unsaturated/α-hetero) is 1. The molecule has 0 amide bonds. The van der Waals surface area contributed by atoms with Crippen molar-refractivity contribution < 1.29 is 4.79 Å². The Bertz CT molecular complexity index is 314. The quantitative estimate of drug-likeness (QED) is 0.740. The molecule has 0 aliphatic carbocycles. The molecule has 12 heavy (non-hydrogen) atoms. The maximum atomic E-state index is 10.7. The second-order valence-electron chi connectivity index (χ2n) is 2.31. The summed E-state index contributed by atoms with van der Waals surface area (Å²) in [5.74, 6) is -0.00600. The van der Waals surface area contributed by atoms with Gasteiger partial charge in [-0.25, -0.2) is 4.98 Å². The van der Waals surface area contributed by atoms with Crippen LogP contribution in [0, 0.1) is 0 Å². The average molecular weight is 205 g/mol. The second kappa shape index (κ2) is 3.83. The fourth-order valence-corrected chi connectivity index (χ4v) is 1.11. The fourth-order valence-electron chi connectivity index (χ4n) is 0.726. The van der Waals surface area contributed by atoms with Crippen molar-refractivity contribution in [1.82, 2.24) is 9.97 Å². The first kappa shape index (κ1) is 9.42. The molecule has 0 aromatic carbocycles. The molecular weight excluding hydrogens is 199 g/mol. The summed E-state index contributed by atoms with van der Waals surface area (Å²) in [5.41, 5.74) is 0.466. The SMILES string of the molecule is CC(=O)Cc1ncc(Cl)nc1Cl. The summed E-state index contributed by atoms with van der Waals surface area (Å²) in [4.78, 5) is 18.3. The van der Waals surface area contributed by atoms with Gasteiger partial charge in [0.05, 0.1) is 18.3 Å². The van der Waals surface area contributed by atoms with E-state index in [0.717, 1.165) is 0 Å². The highest BCUT2D eigenvalue weighted by molar-refractivity contribution is 6.32. The van der Waals surface area contributed by atoms with Crippen molar-refractivity contribution in [2.75, 3.05) is 0 Å². The van der Waals surface area contributed by atoms with Gasteiger partial charge in [0.25, 0.3) is 0 Å². The Balaban J connectivity index is 2.93. The third-order valence-electron chi connectivity index (χ3n) is 1.19. The first-order valence-corrected chi connectivity index (χ1v) is 4.01. The van der Waals surface area contributed by atoms with Crippen LogP contribution in [-0.4, -0.2) is 15.8 Å². The molecule has 1 heterocycles. The Kier molecular flexibility index (Phi) is 3.00. The number of nitrogens with zero attached hydrogens (tertiary/aromatic N) is 2. The van der Waals surface area contributed by atoms with Crippen LogP contribution in [0.3, 0.4) is 0 Å². The lowest BCUT2D eigenvalue weighted by atomic mass is 10.2. The zero-order chi connectivity index (χ0) is 9.14. The van der Waals surface area contributed by atoms with Crippen LogP contribution in [0.15, 0.2) is 6.20 Å². The van der Waals surface area contributed by atoms with E-state index in [1.165, 1.54) is 13.1 Å². The van der Waals surface area contributed by atoms with E-state index in [0.29, 0.717) is 5.69 Å². The Morgan fingerprint density at radius 1 is 1.58 bits per heavy atom. The molecule has 1 aromatic rings. The van der Waals surface area contributed by atoms with Gasteiger partial charge < -0.3 is 0 Å². The van der Waals surface area contributed by atoms with Crippen LogP contribution < -0.4 is 0 Å². The van der Waals surface area contributed by atoms with E-state index < -0.39 is 0 Å². The van der Waals surface area contributed by atoms with Crippen molar-refractivity contribution in [1.29, 1.82) is 0 Å². The van der Waals surface area contributed by atoms with Crippen molar-refractivity contribution in [3.8, 4) is 0 Å². The molecule has 0 fully saturated rings. The summed E-state index contributed by atoms with van der Waals surface area (Å²) in [5, 5.41) is 0.421. The summed E-state index contributed by atoms with van der Waals surface area (Å²) in [6.07, 6.45) is 1.56. The van der Waals surface area contributed by atoms with Crippen LogP contribution in [-0.2, 0) is 11.2 Å². The van der Waals surface area contributed by atoms with Gasteiger partial charge in [-0.15, -0.1) is 0 Å². The Labute approximate surface area is 79.7 Å². The van der Waals surface area contributed by atoms with Crippen molar-refractivity contribution in [3.63, 3.8) is 0 Å². The number of aromatic nitrogens is 2. The van der Waals surface area contributed by atoms with E-state index in [1.807, 2.05) is 0 Å². The Morgan fingerprint density at radius 2 is 2.25 bits per heavy atom. The summed E-state index contributed by atoms with van der Waals surface area (Å²) in [6, 6.07) is 0. The average Bonchev–Trinajstić information content (AvgIpc) is 1.94. The van der Waals surface area contributed by atoms with Crippen molar-refractivity contribution in [3.05, 3.63) is 22.2 Å². The zero-order valence-corrected chi connectivity index (χ0v) is 7.85. The van der Waals surface area contributed by atoms with Gasteiger partial charge in [0, 0.05) is 0 Å². The molecule has 5 heteroatoms. The molecule has 64 valence electrons. The molecule has 0 atom stereocenters. The molecule has 0 unspecified atom stereocenters. The number of halogens is 2. The first-order valence-electron chi connectivity index (χ1n) is 3.26. The topological polar surface area (TPSA) is 42.9 Å². The highest BCUT2D eigenvalue weighted by atomic mass is 35.5. The maximum absolute atomic E-state index is 10.7. The van der Waals surface area contributed by atoms with E-state index in [9.17, 15) is 4.79 Å². The first-order chi connectivity index (χ1) is 5.59. The minimum atomic E-state index is -0.00600. The van der Waals surface area contributed by atoms with E-state index in [2.05, 4.69) is 9.97 Å². The number of ketones is 1. The molecule has 3 nitrogen and oxygen atoms in total. The summed E-state index contributed by atoms with van der Waals surface area (Å²) in [6.45, 7) is 1.46. The molecule has 0 saturated heterocycles. The Morgan fingerprint density at radius 3 is 2.75 bits per heavy atom. The number of rotatable bonds is 2. The van der Waals surface area contributed by atoms with Gasteiger partial charge in [0.15, 0.2) is 5.15 Å². The normalized spacial score (nSPS) is 9.92. The summed E-state index contributed by atoms with van der Waals surface area (Å²) >= 11 is 11.2. The van der Waals surface area contributed by atoms with E-state index in [4.69, 9.17) is 23.2 Å². The van der Waals surface area contributed by atoms with Crippen LogP contribution >= 0.6 is 23.2 Å².